The van der Waals surface area contributed by atoms with Gasteiger partial charge in [0.15, 0.2) is 0 Å². The third kappa shape index (κ3) is 3.03. The lowest BCUT2D eigenvalue weighted by Crippen LogP contribution is -2.18. The maximum Gasteiger partial charge on any atom is 0.274 e. The van der Waals surface area contributed by atoms with Crippen LogP contribution in [-0.4, -0.2) is 21.1 Å². The fraction of sp³-hybridized carbons (Fsp3) is 0. The number of hydrogen-bond donors (Lipinski definition) is 2. The zero-order chi connectivity index (χ0) is 17.9. The molecular formula is C21H15N3O2. The molecule has 0 saturated heterocycles. The first-order valence-electron chi connectivity index (χ1n) is 8.12. The van der Waals surface area contributed by atoms with Crippen LogP contribution >= 0.6 is 0 Å². The van der Waals surface area contributed by atoms with Gasteiger partial charge in [0.25, 0.3) is 5.91 Å². The van der Waals surface area contributed by atoms with Crippen molar-refractivity contribution < 1.29 is 10.0 Å². The highest BCUT2D eigenvalue weighted by Crippen LogP contribution is 2.24. The van der Waals surface area contributed by atoms with E-state index in [4.69, 9.17) is 5.21 Å². The highest BCUT2D eigenvalue weighted by molar-refractivity contribution is 5.96. The predicted molar refractivity (Wildman–Crippen MR) is 99.7 cm³/mol. The van der Waals surface area contributed by atoms with Gasteiger partial charge in [0, 0.05) is 11.1 Å². The summed E-state index contributed by atoms with van der Waals surface area (Å²) in [6, 6.07) is 23.2. The van der Waals surface area contributed by atoms with E-state index in [0.717, 1.165) is 22.4 Å². The number of benzene rings is 3. The standard InChI is InChI=1S/C21H15N3O2/c25-21(24-26)17-10-11-18-19(12-17)23-20(13-22-18)16-8-6-15(7-9-16)14-4-2-1-3-5-14/h1-13,26H,(H,24,25). The summed E-state index contributed by atoms with van der Waals surface area (Å²) in [4.78, 5) is 20.6. The number of aromatic nitrogens is 2. The molecule has 1 amide bonds. The molecule has 0 spiro atoms. The lowest BCUT2D eigenvalue weighted by molar-refractivity contribution is 0.0706. The fourth-order valence-electron chi connectivity index (χ4n) is 2.82. The minimum Gasteiger partial charge on any atom is -0.288 e. The van der Waals surface area contributed by atoms with Gasteiger partial charge in [-0.15, -0.1) is 0 Å². The van der Waals surface area contributed by atoms with Crippen LogP contribution in [0.3, 0.4) is 0 Å². The van der Waals surface area contributed by atoms with E-state index in [2.05, 4.69) is 22.1 Å². The first kappa shape index (κ1) is 15.9. The number of carbonyl (C=O) groups excluding carboxylic acids is 1. The summed E-state index contributed by atoms with van der Waals surface area (Å²) in [6.07, 6.45) is 1.71. The van der Waals surface area contributed by atoms with Gasteiger partial charge >= 0.3 is 0 Å². The molecule has 26 heavy (non-hydrogen) atoms. The number of fused-ring (bicyclic) bond motifs is 1. The van der Waals surface area contributed by atoms with Gasteiger partial charge in [-0.05, 0) is 29.3 Å². The van der Waals surface area contributed by atoms with Gasteiger partial charge in [-0.1, -0.05) is 54.6 Å². The summed E-state index contributed by atoms with van der Waals surface area (Å²) >= 11 is 0. The van der Waals surface area contributed by atoms with Gasteiger partial charge < -0.3 is 0 Å². The molecule has 5 nitrogen and oxygen atoms in total. The van der Waals surface area contributed by atoms with Crippen molar-refractivity contribution in [2.24, 2.45) is 0 Å². The Morgan fingerprint density at radius 3 is 2.23 bits per heavy atom. The Labute approximate surface area is 149 Å². The minimum absolute atomic E-state index is 0.325. The summed E-state index contributed by atoms with van der Waals surface area (Å²) in [5.74, 6) is -0.577. The smallest absolute Gasteiger partial charge is 0.274 e. The average Bonchev–Trinajstić information content (AvgIpc) is 2.73. The van der Waals surface area contributed by atoms with Crippen LogP contribution in [0, 0.1) is 0 Å². The number of hydrogen-bond acceptors (Lipinski definition) is 4. The minimum atomic E-state index is -0.577. The van der Waals surface area contributed by atoms with E-state index in [0.29, 0.717) is 16.6 Å². The number of amides is 1. The maximum atomic E-state index is 11.6. The van der Waals surface area contributed by atoms with Gasteiger partial charge in [0.1, 0.15) is 0 Å². The number of nitrogens with zero attached hydrogens (tertiary/aromatic N) is 2. The number of carbonyl (C=O) groups is 1. The molecule has 4 aromatic rings. The Kier molecular flexibility index (Phi) is 4.13. The molecule has 0 saturated carbocycles. The number of rotatable bonds is 3. The van der Waals surface area contributed by atoms with Crippen LogP contribution < -0.4 is 5.48 Å². The number of nitrogens with one attached hydrogen (secondary N) is 1. The second-order valence-electron chi connectivity index (χ2n) is 5.84. The molecular weight excluding hydrogens is 326 g/mol. The second-order valence-corrected chi connectivity index (χ2v) is 5.84. The van der Waals surface area contributed by atoms with Crippen molar-refractivity contribution in [3.05, 3.63) is 84.6 Å². The third-order valence-corrected chi connectivity index (χ3v) is 4.19. The SMILES string of the molecule is O=C(NO)c1ccc2ncc(-c3ccc(-c4ccccc4)cc3)nc2c1. The van der Waals surface area contributed by atoms with Gasteiger partial charge in [-0.3, -0.25) is 15.0 Å². The van der Waals surface area contributed by atoms with E-state index >= 15 is 0 Å². The van der Waals surface area contributed by atoms with Crippen molar-refractivity contribution in [1.29, 1.82) is 0 Å². The number of hydroxylamine groups is 1. The van der Waals surface area contributed by atoms with E-state index in [1.54, 1.807) is 29.9 Å². The molecule has 4 rings (SSSR count). The lowest BCUT2D eigenvalue weighted by atomic mass is 10.0. The van der Waals surface area contributed by atoms with E-state index in [1.165, 1.54) is 0 Å². The average molecular weight is 341 g/mol. The molecule has 0 bridgehead atoms. The van der Waals surface area contributed by atoms with Crippen molar-refractivity contribution in [2.45, 2.75) is 0 Å². The van der Waals surface area contributed by atoms with Crippen molar-refractivity contribution in [3.63, 3.8) is 0 Å². The Morgan fingerprint density at radius 2 is 1.50 bits per heavy atom. The van der Waals surface area contributed by atoms with Gasteiger partial charge in [0.05, 0.1) is 22.9 Å². The molecule has 126 valence electrons. The van der Waals surface area contributed by atoms with Crippen LogP contribution in [0.2, 0.25) is 0 Å². The lowest BCUT2D eigenvalue weighted by Gasteiger charge is -2.06. The third-order valence-electron chi connectivity index (χ3n) is 4.19. The summed E-state index contributed by atoms with van der Waals surface area (Å²) in [5, 5.41) is 8.78. The van der Waals surface area contributed by atoms with Crippen LogP contribution in [0.5, 0.6) is 0 Å². The summed E-state index contributed by atoms with van der Waals surface area (Å²) < 4.78 is 0. The molecule has 3 aromatic carbocycles. The molecule has 1 aromatic heterocycles. The van der Waals surface area contributed by atoms with E-state index in [9.17, 15) is 4.79 Å². The molecule has 0 fully saturated rings. The maximum absolute atomic E-state index is 11.6. The van der Waals surface area contributed by atoms with Crippen LogP contribution in [0.25, 0.3) is 33.4 Å². The quantitative estimate of drug-likeness (QED) is 0.435. The first-order valence-corrected chi connectivity index (χ1v) is 8.12. The Balaban J connectivity index is 1.70. The van der Waals surface area contributed by atoms with Crippen LogP contribution in [0.4, 0.5) is 0 Å². The van der Waals surface area contributed by atoms with E-state index in [-0.39, 0.29) is 0 Å². The van der Waals surface area contributed by atoms with Crippen molar-refractivity contribution in [1.82, 2.24) is 15.4 Å². The van der Waals surface area contributed by atoms with Crippen molar-refractivity contribution in [2.75, 3.05) is 0 Å². The largest absolute Gasteiger partial charge is 0.288 e. The van der Waals surface area contributed by atoms with Crippen LogP contribution in [-0.2, 0) is 0 Å². The van der Waals surface area contributed by atoms with E-state index < -0.39 is 5.91 Å². The molecule has 0 aliphatic heterocycles. The van der Waals surface area contributed by atoms with Crippen molar-refractivity contribution >= 4 is 16.9 Å². The second kappa shape index (κ2) is 6.74. The van der Waals surface area contributed by atoms with Crippen LogP contribution in [0.1, 0.15) is 10.4 Å². The molecule has 0 atom stereocenters. The molecule has 0 aliphatic rings. The molecule has 0 aliphatic carbocycles. The summed E-state index contributed by atoms with van der Waals surface area (Å²) in [7, 11) is 0. The van der Waals surface area contributed by atoms with Crippen LogP contribution in [0.15, 0.2) is 79.0 Å². The molecule has 1 heterocycles. The summed E-state index contributed by atoms with van der Waals surface area (Å²) in [5.41, 5.74) is 7.18. The van der Waals surface area contributed by atoms with E-state index in [1.807, 2.05) is 42.5 Å². The first-order chi connectivity index (χ1) is 12.7. The summed E-state index contributed by atoms with van der Waals surface area (Å²) in [6.45, 7) is 0. The topological polar surface area (TPSA) is 75.1 Å². The fourth-order valence-corrected chi connectivity index (χ4v) is 2.82. The Hall–Kier alpha value is -3.57. The van der Waals surface area contributed by atoms with Gasteiger partial charge in [-0.2, -0.15) is 0 Å². The molecule has 2 N–H and O–H groups in total. The highest BCUT2D eigenvalue weighted by Gasteiger charge is 2.08. The van der Waals surface area contributed by atoms with Crippen molar-refractivity contribution in [3.8, 4) is 22.4 Å². The Bertz CT molecular complexity index is 1080. The normalized spacial score (nSPS) is 10.7. The van der Waals surface area contributed by atoms with Gasteiger partial charge in [-0.25, -0.2) is 10.5 Å². The molecule has 5 heteroatoms. The zero-order valence-electron chi connectivity index (χ0n) is 13.8. The van der Waals surface area contributed by atoms with Gasteiger partial charge in [0.2, 0.25) is 0 Å². The Morgan fingerprint density at radius 1 is 0.808 bits per heavy atom. The monoisotopic (exact) mass is 341 g/mol. The highest BCUT2D eigenvalue weighted by atomic mass is 16.5. The predicted octanol–water partition coefficient (Wildman–Crippen LogP) is 4.08. The zero-order valence-corrected chi connectivity index (χ0v) is 13.8. The molecule has 0 radical (unpaired) electrons. The molecule has 0 unspecified atom stereocenters.